The molecule has 1 aromatic rings. The first-order chi connectivity index (χ1) is 8.66. The van der Waals surface area contributed by atoms with E-state index in [1.165, 1.54) is 24.3 Å². The molecule has 0 bridgehead atoms. The summed E-state index contributed by atoms with van der Waals surface area (Å²) in [7, 11) is 0. The Bertz CT molecular complexity index is 478. The van der Waals surface area contributed by atoms with Crippen LogP contribution in [-0.4, -0.2) is 17.0 Å². The zero-order valence-electron chi connectivity index (χ0n) is 9.74. The highest BCUT2D eigenvalue weighted by atomic mass is 16.6. The summed E-state index contributed by atoms with van der Waals surface area (Å²) < 4.78 is 5.28. The molecule has 0 fully saturated rings. The van der Waals surface area contributed by atoms with Gasteiger partial charge in [0.1, 0.15) is 6.10 Å². The number of nitro groups is 1. The molecule has 1 aromatic carbocycles. The Labute approximate surface area is 104 Å². The highest BCUT2D eigenvalue weighted by molar-refractivity contribution is 5.89. The van der Waals surface area contributed by atoms with Crippen molar-refractivity contribution in [1.29, 1.82) is 0 Å². The molecular formula is C13H13NO4. The minimum atomic E-state index is -0.501. The van der Waals surface area contributed by atoms with Gasteiger partial charge in [-0.15, -0.1) is 0 Å². The molecule has 1 aliphatic carbocycles. The minimum absolute atomic E-state index is 0.0379. The van der Waals surface area contributed by atoms with Gasteiger partial charge in [0.05, 0.1) is 10.5 Å². The van der Waals surface area contributed by atoms with Crippen molar-refractivity contribution in [3.05, 3.63) is 52.1 Å². The second-order valence-corrected chi connectivity index (χ2v) is 4.11. The van der Waals surface area contributed by atoms with E-state index >= 15 is 0 Å². The fourth-order valence-electron chi connectivity index (χ4n) is 1.80. The zero-order chi connectivity index (χ0) is 13.0. The summed E-state index contributed by atoms with van der Waals surface area (Å²) >= 11 is 0. The number of benzene rings is 1. The maximum Gasteiger partial charge on any atom is 0.338 e. The fourth-order valence-corrected chi connectivity index (χ4v) is 1.80. The van der Waals surface area contributed by atoms with Crippen molar-refractivity contribution in [2.45, 2.75) is 25.4 Å². The lowest BCUT2D eigenvalue weighted by Crippen LogP contribution is -2.17. The molecule has 0 radical (unpaired) electrons. The largest absolute Gasteiger partial charge is 0.455 e. The van der Waals surface area contributed by atoms with Crippen molar-refractivity contribution in [1.82, 2.24) is 0 Å². The first-order valence-corrected chi connectivity index (χ1v) is 5.79. The van der Waals surface area contributed by atoms with Gasteiger partial charge in [-0.05, 0) is 37.5 Å². The Morgan fingerprint density at radius 2 is 2.06 bits per heavy atom. The van der Waals surface area contributed by atoms with E-state index in [4.69, 9.17) is 4.74 Å². The molecule has 1 atom stereocenters. The molecule has 18 heavy (non-hydrogen) atoms. The van der Waals surface area contributed by atoms with Crippen LogP contribution in [0.25, 0.3) is 0 Å². The summed E-state index contributed by atoms with van der Waals surface area (Å²) in [5, 5.41) is 10.5. The third-order valence-electron chi connectivity index (χ3n) is 2.78. The average molecular weight is 247 g/mol. The van der Waals surface area contributed by atoms with Crippen molar-refractivity contribution in [3.8, 4) is 0 Å². The number of hydrogen-bond acceptors (Lipinski definition) is 4. The predicted molar refractivity (Wildman–Crippen MR) is 65.3 cm³/mol. The van der Waals surface area contributed by atoms with Crippen LogP contribution in [0.3, 0.4) is 0 Å². The molecule has 1 aliphatic rings. The molecule has 0 saturated heterocycles. The van der Waals surface area contributed by atoms with E-state index in [0.29, 0.717) is 5.56 Å². The Kier molecular flexibility index (Phi) is 3.72. The van der Waals surface area contributed by atoms with Crippen LogP contribution in [0.2, 0.25) is 0 Å². The summed E-state index contributed by atoms with van der Waals surface area (Å²) in [4.78, 5) is 21.7. The van der Waals surface area contributed by atoms with Gasteiger partial charge < -0.3 is 4.74 Å². The van der Waals surface area contributed by atoms with Gasteiger partial charge >= 0.3 is 5.97 Å². The molecule has 5 nitrogen and oxygen atoms in total. The van der Waals surface area contributed by atoms with Gasteiger partial charge in [-0.25, -0.2) is 4.79 Å². The van der Waals surface area contributed by atoms with Crippen LogP contribution >= 0.6 is 0 Å². The lowest BCUT2D eigenvalue weighted by molar-refractivity contribution is -0.384. The molecule has 0 heterocycles. The Hall–Kier alpha value is -2.17. The van der Waals surface area contributed by atoms with Crippen LogP contribution in [0.5, 0.6) is 0 Å². The number of nitro benzene ring substituents is 1. The van der Waals surface area contributed by atoms with Gasteiger partial charge in [-0.2, -0.15) is 0 Å². The molecule has 94 valence electrons. The van der Waals surface area contributed by atoms with Crippen molar-refractivity contribution >= 4 is 11.7 Å². The number of rotatable bonds is 3. The topological polar surface area (TPSA) is 69.4 Å². The Morgan fingerprint density at radius 1 is 1.33 bits per heavy atom. The van der Waals surface area contributed by atoms with Gasteiger partial charge in [-0.3, -0.25) is 10.1 Å². The quantitative estimate of drug-likeness (QED) is 0.356. The van der Waals surface area contributed by atoms with Crippen molar-refractivity contribution in [2.24, 2.45) is 0 Å². The first-order valence-electron chi connectivity index (χ1n) is 5.79. The van der Waals surface area contributed by atoms with Crippen LogP contribution in [0, 0.1) is 10.1 Å². The fraction of sp³-hybridized carbons (Fsp3) is 0.308. The van der Waals surface area contributed by atoms with E-state index < -0.39 is 10.9 Å². The Morgan fingerprint density at radius 3 is 2.61 bits per heavy atom. The molecule has 0 aromatic heterocycles. The van der Waals surface area contributed by atoms with E-state index in [1.807, 2.05) is 12.2 Å². The summed E-state index contributed by atoms with van der Waals surface area (Å²) in [6.07, 6.45) is 6.56. The van der Waals surface area contributed by atoms with E-state index in [1.54, 1.807) is 0 Å². The van der Waals surface area contributed by atoms with E-state index in [2.05, 4.69) is 0 Å². The summed E-state index contributed by atoms with van der Waals surface area (Å²) in [5.74, 6) is -0.443. The van der Waals surface area contributed by atoms with Gasteiger partial charge in [0.2, 0.25) is 0 Å². The summed E-state index contributed by atoms with van der Waals surface area (Å²) in [6, 6.07) is 5.42. The third-order valence-corrected chi connectivity index (χ3v) is 2.78. The number of allylic oxidation sites excluding steroid dienone is 1. The van der Waals surface area contributed by atoms with Crippen LogP contribution in [-0.2, 0) is 4.74 Å². The average Bonchev–Trinajstić information content (AvgIpc) is 2.40. The minimum Gasteiger partial charge on any atom is -0.455 e. The molecule has 0 amide bonds. The summed E-state index contributed by atoms with van der Waals surface area (Å²) in [6.45, 7) is 0. The monoisotopic (exact) mass is 247 g/mol. The normalized spacial score (nSPS) is 18.3. The molecule has 0 N–H and O–H groups in total. The van der Waals surface area contributed by atoms with Crippen molar-refractivity contribution in [3.63, 3.8) is 0 Å². The second kappa shape index (κ2) is 5.44. The zero-order valence-corrected chi connectivity index (χ0v) is 9.74. The molecule has 0 saturated carbocycles. The number of non-ortho nitro benzene ring substituents is 1. The van der Waals surface area contributed by atoms with Gasteiger partial charge in [0.25, 0.3) is 5.69 Å². The molecular weight excluding hydrogens is 234 g/mol. The second-order valence-electron chi connectivity index (χ2n) is 4.11. The van der Waals surface area contributed by atoms with Crippen molar-refractivity contribution in [2.75, 3.05) is 0 Å². The number of hydrogen-bond donors (Lipinski definition) is 0. The smallest absolute Gasteiger partial charge is 0.338 e. The van der Waals surface area contributed by atoms with Crippen molar-refractivity contribution < 1.29 is 14.5 Å². The number of esters is 1. The first kappa shape index (κ1) is 12.3. The maximum atomic E-state index is 11.8. The molecule has 0 aliphatic heterocycles. The Balaban J connectivity index is 2.02. The van der Waals surface area contributed by atoms with Gasteiger partial charge in [0, 0.05) is 12.1 Å². The van der Waals surface area contributed by atoms with E-state index in [0.717, 1.165) is 19.3 Å². The van der Waals surface area contributed by atoms with Crippen LogP contribution < -0.4 is 0 Å². The number of nitrogens with zero attached hydrogens (tertiary/aromatic N) is 1. The molecule has 0 spiro atoms. The number of ether oxygens (including phenoxy) is 1. The third kappa shape index (κ3) is 2.94. The van der Waals surface area contributed by atoms with Crippen LogP contribution in [0.15, 0.2) is 36.4 Å². The standard InChI is InChI=1S/C13H13NO4/c15-13(18-12-4-2-1-3-5-12)10-6-8-11(9-7-10)14(16)17/h2,4,6-9,12H,1,3,5H2/t12-/m1/s1. The predicted octanol–water partition coefficient (Wildman–Crippen LogP) is 2.86. The molecule has 0 unspecified atom stereocenters. The van der Waals surface area contributed by atoms with Crippen LogP contribution in [0.1, 0.15) is 29.6 Å². The maximum absolute atomic E-state index is 11.8. The van der Waals surface area contributed by atoms with E-state index in [-0.39, 0.29) is 11.8 Å². The lowest BCUT2D eigenvalue weighted by atomic mass is 10.1. The molecule has 5 heteroatoms. The number of carbonyl (C=O) groups excluding carboxylic acids is 1. The van der Waals surface area contributed by atoms with Gasteiger partial charge in [-0.1, -0.05) is 6.08 Å². The number of carbonyl (C=O) groups is 1. The lowest BCUT2D eigenvalue weighted by Gasteiger charge is -2.16. The highest BCUT2D eigenvalue weighted by Crippen LogP contribution is 2.17. The SMILES string of the molecule is O=C(O[C@@H]1C=CCCC1)c1ccc([N+](=O)[O-])cc1. The van der Waals surface area contributed by atoms with E-state index in [9.17, 15) is 14.9 Å². The molecule has 2 rings (SSSR count). The van der Waals surface area contributed by atoms with Crippen LogP contribution in [0.4, 0.5) is 5.69 Å². The van der Waals surface area contributed by atoms with Gasteiger partial charge in [0.15, 0.2) is 0 Å². The highest BCUT2D eigenvalue weighted by Gasteiger charge is 2.16. The summed E-state index contributed by atoms with van der Waals surface area (Å²) in [5.41, 5.74) is 0.295.